The second-order valence-corrected chi connectivity index (χ2v) is 10.3. The molecule has 2 amide bonds. The van der Waals surface area contributed by atoms with Crippen LogP contribution in [0.25, 0.3) is 0 Å². The van der Waals surface area contributed by atoms with E-state index in [4.69, 9.17) is 9.47 Å². The summed E-state index contributed by atoms with van der Waals surface area (Å²) in [4.78, 5) is 38.1. The molecule has 1 aliphatic rings. The van der Waals surface area contributed by atoms with Crippen molar-refractivity contribution in [1.82, 2.24) is 5.32 Å². The van der Waals surface area contributed by atoms with Gasteiger partial charge in [-0.3, -0.25) is 14.4 Å². The van der Waals surface area contributed by atoms with Crippen molar-refractivity contribution in [1.29, 1.82) is 5.26 Å². The Labute approximate surface area is 223 Å². The van der Waals surface area contributed by atoms with E-state index >= 15 is 0 Å². The van der Waals surface area contributed by atoms with Crippen molar-refractivity contribution >= 4 is 67.1 Å². The number of benzene rings is 2. The number of nitriles is 1. The molecule has 0 bridgehead atoms. The van der Waals surface area contributed by atoms with Gasteiger partial charge in [-0.2, -0.15) is 5.26 Å². The second kappa shape index (κ2) is 11.7. The van der Waals surface area contributed by atoms with Crippen LogP contribution in [-0.4, -0.2) is 37.8 Å². The number of rotatable bonds is 7. The first-order valence-corrected chi connectivity index (χ1v) is 12.8. The van der Waals surface area contributed by atoms with Crippen LogP contribution in [0.4, 0.5) is 5.69 Å². The number of hydrogen-bond acceptors (Lipinski definition) is 7. The van der Waals surface area contributed by atoms with Crippen molar-refractivity contribution in [2.75, 3.05) is 25.3 Å². The topological polar surface area (TPSA) is 118 Å². The van der Waals surface area contributed by atoms with Gasteiger partial charge < -0.3 is 20.1 Å². The molecule has 2 aromatic rings. The van der Waals surface area contributed by atoms with Crippen molar-refractivity contribution in [2.45, 2.75) is 12.8 Å². The van der Waals surface area contributed by atoms with Crippen molar-refractivity contribution in [3.63, 3.8) is 0 Å². The first kappa shape index (κ1) is 26.8. The maximum absolute atomic E-state index is 13.0. The van der Waals surface area contributed by atoms with Crippen LogP contribution in [-0.2, 0) is 19.1 Å². The van der Waals surface area contributed by atoms with Crippen LogP contribution >= 0.6 is 43.6 Å². The summed E-state index contributed by atoms with van der Waals surface area (Å²) in [6, 6.07) is 12.7. The number of carbonyl (C=O) groups is 3. The highest BCUT2D eigenvalue weighted by atomic mass is 79.9. The van der Waals surface area contributed by atoms with Crippen molar-refractivity contribution in [3.8, 4) is 11.8 Å². The molecule has 3 rings (SSSR count). The molecule has 0 saturated heterocycles. The minimum Gasteiger partial charge on any atom is -0.496 e. The lowest BCUT2D eigenvalue weighted by Gasteiger charge is -2.31. The number of esters is 1. The maximum atomic E-state index is 13.0. The molecule has 35 heavy (non-hydrogen) atoms. The van der Waals surface area contributed by atoms with Gasteiger partial charge in [0.05, 0.1) is 41.1 Å². The summed E-state index contributed by atoms with van der Waals surface area (Å²) in [7, 11) is 2.70. The van der Waals surface area contributed by atoms with E-state index in [0.29, 0.717) is 21.5 Å². The molecule has 0 fully saturated rings. The number of methoxy groups -OCH3 is 2. The predicted molar refractivity (Wildman–Crippen MR) is 140 cm³/mol. The third-order valence-electron chi connectivity index (χ3n) is 5.33. The molecule has 0 saturated carbocycles. The molecule has 2 atom stereocenters. The van der Waals surface area contributed by atoms with E-state index in [9.17, 15) is 19.6 Å². The van der Waals surface area contributed by atoms with E-state index in [1.165, 1.54) is 14.2 Å². The highest BCUT2D eigenvalue weighted by Gasteiger charge is 2.44. The Hall–Kier alpha value is -2.81. The molecule has 0 radical (unpaired) electrons. The van der Waals surface area contributed by atoms with Gasteiger partial charge in [-0.25, -0.2) is 0 Å². The van der Waals surface area contributed by atoms with Crippen LogP contribution in [0.1, 0.15) is 17.0 Å². The summed E-state index contributed by atoms with van der Waals surface area (Å²) < 4.78 is 11.6. The van der Waals surface area contributed by atoms with Gasteiger partial charge in [0.2, 0.25) is 11.8 Å². The van der Waals surface area contributed by atoms with Crippen LogP contribution < -0.4 is 15.4 Å². The smallest absolute Gasteiger partial charge is 0.319 e. The first-order chi connectivity index (χ1) is 16.7. The van der Waals surface area contributed by atoms with Gasteiger partial charge in [0, 0.05) is 16.1 Å². The van der Waals surface area contributed by atoms with Gasteiger partial charge in [-0.05, 0) is 64.3 Å². The number of thioether (sulfide) groups is 1. The zero-order chi connectivity index (χ0) is 25.7. The molecule has 1 aliphatic heterocycles. The standard InChI is InChI=1S/C24H21Br2N3O5S/c1-12-8-14(25)5-6-17(12)28-19(30)11-35-23-15(10-27)20(21(22(31)29-23)24(32)34-3)13-4-7-18(33-2)16(26)9-13/h4-9,20-21H,11H2,1-3H3,(H,28,30)(H,29,31)/t20-,21-/m1/s1. The fourth-order valence-electron chi connectivity index (χ4n) is 3.65. The molecule has 1 heterocycles. The van der Waals surface area contributed by atoms with Gasteiger partial charge in [0.25, 0.3) is 0 Å². The van der Waals surface area contributed by atoms with Crippen LogP contribution in [0, 0.1) is 24.2 Å². The summed E-state index contributed by atoms with van der Waals surface area (Å²) >= 11 is 7.81. The van der Waals surface area contributed by atoms with E-state index < -0.39 is 23.7 Å². The lowest BCUT2D eigenvalue weighted by atomic mass is 9.78. The molecule has 0 aliphatic carbocycles. The van der Waals surface area contributed by atoms with E-state index in [-0.39, 0.29) is 22.3 Å². The van der Waals surface area contributed by atoms with E-state index in [2.05, 4.69) is 48.6 Å². The monoisotopic (exact) mass is 621 g/mol. The zero-order valence-corrected chi connectivity index (χ0v) is 23.0. The van der Waals surface area contributed by atoms with Gasteiger partial charge >= 0.3 is 5.97 Å². The number of nitrogens with one attached hydrogen (secondary N) is 2. The fraction of sp³-hybridized carbons (Fsp3) is 0.250. The summed E-state index contributed by atoms with van der Waals surface area (Å²) in [5.74, 6) is -3.35. The summed E-state index contributed by atoms with van der Waals surface area (Å²) in [6.07, 6.45) is 0. The Kier molecular flexibility index (Phi) is 8.99. The lowest BCUT2D eigenvalue weighted by molar-refractivity contribution is -0.150. The molecule has 0 spiro atoms. The van der Waals surface area contributed by atoms with Crippen molar-refractivity contribution < 1.29 is 23.9 Å². The zero-order valence-electron chi connectivity index (χ0n) is 19.0. The SMILES string of the molecule is COC(=O)[C@H]1C(=O)NC(SCC(=O)Nc2ccc(Br)cc2C)=C(C#N)[C@H]1c1ccc(OC)c(Br)c1. The Balaban J connectivity index is 1.92. The number of ether oxygens (including phenoxy) is 2. The summed E-state index contributed by atoms with van der Waals surface area (Å²) in [5.41, 5.74) is 2.25. The normalized spacial score (nSPS) is 17.3. The van der Waals surface area contributed by atoms with Crippen molar-refractivity contribution in [2.24, 2.45) is 5.92 Å². The average Bonchev–Trinajstić information content (AvgIpc) is 2.83. The van der Waals surface area contributed by atoms with Crippen molar-refractivity contribution in [3.05, 3.63) is 67.1 Å². The average molecular weight is 623 g/mol. The Morgan fingerprint density at radius 2 is 1.94 bits per heavy atom. The molecule has 2 aromatic carbocycles. The Morgan fingerprint density at radius 1 is 1.20 bits per heavy atom. The molecular weight excluding hydrogens is 602 g/mol. The number of amides is 2. The first-order valence-electron chi connectivity index (χ1n) is 10.2. The van der Waals surface area contributed by atoms with E-state index in [1.54, 1.807) is 24.3 Å². The van der Waals surface area contributed by atoms with Crippen LogP contribution in [0.5, 0.6) is 5.75 Å². The Morgan fingerprint density at radius 3 is 2.54 bits per heavy atom. The lowest BCUT2D eigenvalue weighted by Crippen LogP contribution is -2.44. The van der Waals surface area contributed by atoms with Gasteiger partial charge in [0.1, 0.15) is 11.7 Å². The predicted octanol–water partition coefficient (Wildman–Crippen LogP) is 4.64. The fourth-order valence-corrected chi connectivity index (χ4v) is 5.53. The van der Waals surface area contributed by atoms with Gasteiger partial charge in [-0.1, -0.05) is 33.8 Å². The highest BCUT2D eigenvalue weighted by molar-refractivity contribution is 9.10. The van der Waals surface area contributed by atoms with Crippen LogP contribution in [0.3, 0.4) is 0 Å². The van der Waals surface area contributed by atoms with E-state index in [1.807, 2.05) is 19.1 Å². The minimum atomic E-state index is -1.27. The van der Waals surface area contributed by atoms with Gasteiger partial charge in [0.15, 0.2) is 0 Å². The number of nitrogens with zero attached hydrogens (tertiary/aromatic N) is 1. The number of anilines is 1. The molecule has 0 aromatic heterocycles. The molecule has 11 heteroatoms. The van der Waals surface area contributed by atoms with Crippen LogP contribution in [0.2, 0.25) is 0 Å². The minimum absolute atomic E-state index is 0.0573. The second-order valence-electron chi connectivity index (χ2n) is 7.51. The number of hydrogen-bond donors (Lipinski definition) is 2. The maximum Gasteiger partial charge on any atom is 0.319 e. The molecule has 0 unspecified atom stereocenters. The largest absolute Gasteiger partial charge is 0.496 e. The number of aryl methyl sites for hydroxylation is 1. The molecule has 8 nitrogen and oxygen atoms in total. The summed E-state index contributed by atoms with van der Waals surface area (Å²) in [5, 5.41) is 15.7. The van der Waals surface area contributed by atoms with Crippen LogP contribution in [0.15, 0.2) is 55.9 Å². The number of allylic oxidation sites excluding steroid dienone is 1. The third kappa shape index (κ3) is 6.07. The third-order valence-corrected chi connectivity index (χ3v) is 7.46. The Bertz CT molecular complexity index is 1260. The van der Waals surface area contributed by atoms with Gasteiger partial charge in [-0.15, -0.1) is 0 Å². The molecule has 2 N–H and O–H groups in total. The number of halogens is 2. The highest BCUT2D eigenvalue weighted by Crippen LogP contribution is 2.42. The quantitative estimate of drug-likeness (QED) is 0.341. The van der Waals surface area contributed by atoms with E-state index in [0.717, 1.165) is 21.8 Å². The molecular formula is C24H21Br2N3O5S. The molecule has 182 valence electrons. The number of carbonyl (C=O) groups excluding carboxylic acids is 3. The summed E-state index contributed by atoms with van der Waals surface area (Å²) in [6.45, 7) is 1.87.